The van der Waals surface area contributed by atoms with Crippen molar-refractivity contribution in [2.24, 2.45) is 0 Å². The van der Waals surface area contributed by atoms with Crippen molar-refractivity contribution in [2.75, 3.05) is 6.61 Å². The maximum Gasteiger partial charge on any atom is 0.338 e. The highest BCUT2D eigenvalue weighted by molar-refractivity contribution is 9.10. The Hall–Kier alpha value is -1.85. The van der Waals surface area contributed by atoms with Crippen molar-refractivity contribution in [1.82, 2.24) is 9.97 Å². The topological polar surface area (TPSA) is 55.0 Å². The molecule has 2 aromatic carbocycles. The van der Waals surface area contributed by atoms with Crippen LogP contribution in [0.15, 0.2) is 40.9 Å². The zero-order chi connectivity index (χ0) is 15.7. The van der Waals surface area contributed by atoms with Gasteiger partial charge in [-0.2, -0.15) is 0 Å². The summed E-state index contributed by atoms with van der Waals surface area (Å²) in [5.74, 6) is 0.295. The minimum Gasteiger partial charge on any atom is -0.462 e. The highest BCUT2D eigenvalue weighted by Gasteiger charge is 2.14. The molecule has 0 spiro atoms. The number of halogens is 2. The Morgan fingerprint density at radius 2 is 2.18 bits per heavy atom. The normalized spacial score (nSPS) is 10.9. The van der Waals surface area contributed by atoms with Crippen LogP contribution in [0.1, 0.15) is 17.3 Å². The average Bonchev–Trinajstić information content (AvgIpc) is 2.92. The summed E-state index contributed by atoms with van der Waals surface area (Å²) in [6.07, 6.45) is 0. The highest BCUT2D eigenvalue weighted by Crippen LogP contribution is 2.28. The van der Waals surface area contributed by atoms with E-state index >= 15 is 0 Å². The Balaban J connectivity index is 2.10. The average molecular weight is 380 g/mol. The van der Waals surface area contributed by atoms with E-state index in [-0.39, 0.29) is 0 Å². The number of ether oxygens (including phenoxy) is 1. The summed E-state index contributed by atoms with van der Waals surface area (Å²) in [6, 6.07) is 11.1. The van der Waals surface area contributed by atoms with Crippen molar-refractivity contribution in [3.63, 3.8) is 0 Å². The number of esters is 1. The van der Waals surface area contributed by atoms with E-state index in [9.17, 15) is 4.79 Å². The molecule has 1 N–H and O–H groups in total. The maximum atomic E-state index is 11.8. The minimum absolute atomic E-state index is 0.320. The van der Waals surface area contributed by atoms with Gasteiger partial charge in [-0.3, -0.25) is 0 Å². The molecular weight excluding hydrogens is 368 g/mol. The molecule has 0 amide bonds. The molecule has 3 aromatic rings. The third kappa shape index (κ3) is 2.87. The number of hydrogen-bond donors (Lipinski definition) is 1. The van der Waals surface area contributed by atoms with E-state index in [0.717, 1.165) is 10.0 Å². The van der Waals surface area contributed by atoms with Crippen molar-refractivity contribution in [3.8, 4) is 11.4 Å². The Labute approximate surface area is 140 Å². The molecule has 0 aliphatic rings. The lowest BCUT2D eigenvalue weighted by Crippen LogP contribution is -2.04. The number of aromatic nitrogens is 2. The lowest BCUT2D eigenvalue weighted by atomic mass is 10.2. The first-order valence-electron chi connectivity index (χ1n) is 6.71. The molecular formula is C16H12BrClN2O2. The predicted octanol–water partition coefficient (Wildman–Crippen LogP) is 4.82. The zero-order valence-corrected chi connectivity index (χ0v) is 14.0. The fourth-order valence-corrected chi connectivity index (χ4v) is 2.84. The van der Waals surface area contributed by atoms with Gasteiger partial charge in [0.15, 0.2) is 0 Å². The molecule has 0 atom stereocenters. The molecule has 1 aromatic heterocycles. The van der Waals surface area contributed by atoms with Crippen LogP contribution in [-0.2, 0) is 4.74 Å². The summed E-state index contributed by atoms with van der Waals surface area (Å²) in [5, 5.41) is 0.415. The van der Waals surface area contributed by atoms with Crippen molar-refractivity contribution in [2.45, 2.75) is 6.92 Å². The number of benzene rings is 2. The molecule has 4 nitrogen and oxygen atoms in total. The van der Waals surface area contributed by atoms with Gasteiger partial charge in [0, 0.05) is 10.0 Å². The number of carbonyl (C=O) groups is 1. The van der Waals surface area contributed by atoms with Gasteiger partial charge in [0.25, 0.3) is 0 Å². The first-order chi connectivity index (χ1) is 10.6. The molecule has 6 heteroatoms. The van der Waals surface area contributed by atoms with Gasteiger partial charge in [0.2, 0.25) is 0 Å². The van der Waals surface area contributed by atoms with Gasteiger partial charge in [-0.1, -0.05) is 39.7 Å². The van der Waals surface area contributed by atoms with Crippen LogP contribution in [0.25, 0.3) is 22.4 Å². The molecule has 22 heavy (non-hydrogen) atoms. The second kappa shape index (κ2) is 6.10. The number of fused-ring (bicyclic) bond motifs is 1. The third-order valence-corrected chi connectivity index (χ3v) is 3.93. The van der Waals surface area contributed by atoms with Crippen molar-refractivity contribution < 1.29 is 9.53 Å². The van der Waals surface area contributed by atoms with E-state index in [2.05, 4.69) is 25.9 Å². The molecule has 0 bridgehead atoms. The van der Waals surface area contributed by atoms with Crippen LogP contribution in [-0.4, -0.2) is 22.5 Å². The second-order valence-electron chi connectivity index (χ2n) is 4.67. The minimum atomic E-state index is -0.398. The standard InChI is InChI=1S/C16H12BrClN2O2/c1-2-22-16(21)10-7-12(18)14-13(8-10)19-15(20-14)9-4-3-5-11(17)6-9/h3-8H,2H2,1H3,(H,19,20). The van der Waals surface area contributed by atoms with Gasteiger partial charge in [-0.15, -0.1) is 0 Å². The summed E-state index contributed by atoms with van der Waals surface area (Å²) in [6.45, 7) is 2.08. The Bertz CT molecular complexity index is 860. The Kier molecular flexibility index (Phi) is 4.18. The van der Waals surface area contributed by atoms with Crippen molar-refractivity contribution in [3.05, 3.63) is 51.5 Å². The van der Waals surface area contributed by atoms with E-state index in [1.165, 1.54) is 0 Å². The van der Waals surface area contributed by atoms with E-state index < -0.39 is 5.97 Å². The molecule has 0 radical (unpaired) electrons. The van der Waals surface area contributed by atoms with Crippen LogP contribution in [0.3, 0.4) is 0 Å². The largest absolute Gasteiger partial charge is 0.462 e. The second-order valence-corrected chi connectivity index (χ2v) is 5.99. The molecule has 3 rings (SSSR count). The fraction of sp³-hybridized carbons (Fsp3) is 0.125. The van der Waals surface area contributed by atoms with Gasteiger partial charge in [0.05, 0.1) is 22.7 Å². The zero-order valence-electron chi connectivity index (χ0n) is 11.7. The summed E-state index contributed by atoms with van der Waals surface area (Å²) in [7, 11) is 0. The molecule has 0 saturated carbocycles. The van der Waals surface area contributed by atoms with Gasteiger partial charge in [-0.25, -0.2) is 9.78 Å². The highest BCUT2D eigenvalue weighted by atomic mass is 79.9. The van der Waals surface area contributed by atoms with E-state index in [0.29, 0.717) is 34.1 Å². The van der Waals surface area contributed by atoms with Gasteiger partial charge < -0.3 is 9.72 Å². The smallest absolute Gasteiger partial charge is 0.338 e. The van der Waals surface area contributed by atoms with Gasteiger partial charge >= 0.3 is 5.97 Å². The Morgan fingerprint density at radius 1 is 1.36 bits per heavy atom. The number of hydrogen-bond acceptors (Lipinski definition) is 3. The van der Waals surface area contributed by atoms with Crippen LogP contribution in [0, 0.1) is 0 Å². The fourth-order valence-electron chi connectivity index (χ4n) is 2.18. The van der Waals surface area contributed by atoms with Crippen LogP contribution in [0.5, 0.6) is 0 Å². The third-order valence-electron chi connectivity index (χ3n) is 3.15. The molecule has 0 saturated heterocycles. The number of H-pyrrole nitrogens is 1. The van der Waals surface area contributed by atoms with Gasteiger partial charge in [-0.05, 0) is 31.2 Å². The number of nitrogens with one attached hydrogen (secondary N) is 1. The Morgan fingerprint density at radius 3 is 2.91 bits per heavy atom. The summed E-state index contributed by atoms with van der Waals surface area (Å²) in [5.41, 5.74) is 2.67. The lowest BCUT2D eigenvalue weighted by Gasteiger charge is -2.02. The number of aromatic amines is 1. The van der Waals surface area contributed by atoms with E-state index in [4.69, 9.17) is 16.3 Å². The number of carbonyl (C=O) groups excluding carboxylic acids is 1. The molecule has 0 unspecified atom stereocenters. The molecule has 0 fully saturated rings. The van der Waals surface area contributed by atoms with Crippen LogP contribution >= 0.6 is 27.5 Å². The van der Waals surface area contributed by atoms with Crippen LogP contribution < -0.4 is 0 Å². The van der Waals surface area contributed by atoms with Crippen LogP contribution in [0.2, 0.25) is 5.02 Å². The van der Waals surface area contributed by atoms with Crippen molar-refractivity contribution in [1.29, 1.82) is 0 Å². The molecule has 0 aliphatic heterocycles. The quantitative estimate of drug-likeness (QED) is 0.664. The van der Waals surface area contributed by atoms with E-state index in [1.54, 1.807) is 19.1 Å². The predicted molar refractivity (Wildman–Crippen MR) is 90.2 cm³/mol. The van der Waals surface area contributed by atoms with Crippen molar-refractivity contribution >= 4 is 44.5 Å². The summed E-state index contributed by atoms with van der Waals surface area (Å²) in [4.78, 5) is 19.5. The monoisotopic (exact) mass is 378 g/mol. The molecule has 0 aliphatic carbocycles. The number of nitrogens with zero attached hydrogens (tertiary/aromatic N) is 1. The molecule has 112 valence electrons. The molecule has 1 heterocycles. The first-order valence-corrected chi connectivity index (χ1v) is 7.88. The lowest BCUT2D eigenvalue weighted by molar-refractivity contribution is 0.0526. The maximum absolute atomic E-state index is 11.8. The first kappa shape index (κ1) is 15.1. The number of imidazole rings is 1. The summed E-state index contributed by atoms with van der Waals surface area (Å²) < 4.78 is 5.96. The van der Waals surface area contributed by atoms with Crippen LogP contribution in [0.4, 0.5) is 0 Å². The number of rotatable bonds is 3. The summed E-state index contributed by atoms with van der Waals surface area (Å²) >= 11 is 9.68. The SMILES string of the molecule is CCOC(=O)c1cc(Cl)c2nc(-c3cccc(Br)c3)[nH]c2c1. The van der Waals surface area contributed by atoms with E-state index in [1.807, 2.05) is 24.3 Å². The van der Waals surface area contributed by atoms with Gasteiger partial charge in [0.1, 0.15) is 11.3 Å².